The summed E-state index contributed by atoms with van der Waals surface area (Å²) < 4.78 is 40.0. The fourth-order valence-electron chi connectivity index (χ4n) is 0.896. The van der Waals surface area contributed by atoms with Gasteiger partial charge in [0.15, 0.2) is 10.5 Å². The van der Waals surface area contributed by atoms with Crippen molar-refractivity contribution in [1.29, 1.82) is 10.7 Å². The number of halogens is 5. The molecule has 0 radical (unpaired) electrons. The van der Waals surface area contributed by atoms with Crippen LogP contribution in [0.3, 0.4) is 0 Å². The van der Waals surface area contributed by atoms with Crippen LogP contribution in [-0.4, -0.2) is 7.25 Å². The normalized spacial score (nSPS) is 9.65. The summed E-state index contributed by atoms with van der Waals surface area (Å²) in [7, 11) is -6.00. The second-order valence-electron chi connectivity index (χ2n) is 2.77. The van der Waals surface area contributed by atoms with Crippen LogP contribution in [0.25, 0.3) is 4.98 Å². The zero-order valence-electron chi connectivity index (χ0n) is 8.46. The molecule has 0 amide bonds. The van der Waals surface area contributed by atoms with Crippen molar-refractivity contribution in [2.75, 3.05) is 0 Å². The van der Waals surface area contributed by atoms with Crippen LogP contribution in [0.15, 0.2) is 12.1 Å². The lowest BCUT2D eigenvalue weighted by atomic mass is 10.1. The van der Waals surface area contributed by atoms with Crippen molar-refractivity contribution in [1.82, 2.24) is 0 Å². The van der Waals surface area contributed by atoms with Crippen LogP contribution in [0.4, 0.5) is 23.0 Å². The van der Waals surface area contributed by atoms with Crippen LogP contribution in [-0.2, 0) is 0 Å². The minimum absolute atomic E-state index is 0.329. The van der Waals surface area contributed by atoms with Gasteiger partial charge in [-0.3, -0.25) is 0 Å². The third-order valence-corrected chi connectivity index (χ3v) is 2.77. The molecule has 0 heterocycles. The number of rotatable bonds is 0. The maximum atomic E-state index is 9.75. The van der Waals surface area contributed by atoms with Crippen LogP contribution in [0.1, 0.15) is 11.1 Å². The number of hydrogen-bond acceptors (Lipinski definition) is 2. The van der Waals surface area contributed by atoms with Crippen molar-refractivity contribution in [2.24, 2.45) is 0 Å². The number of nitrogens with zero attached hydrogens (tertiary/aromatic N) is 3. The van der Waals surface area contributed by atoms with Crippen molar-refractivity contribution in [2.45, 2.75) is 6.92 Å². The Bertz CT molecular complexity index is 483. The lowest BCUT2D eigenvalue weighted by molar-refractivity contribution is 0.368. The van der Waals surface area contributed by atoms with E-state index in [1.54, 1.807) is 6.07 Å². The Balaban J connectivity index is 0.000000437. The molecule has 0 N–H and O–H groups in total. The molecule has 0 unspecified atom stereocenters. The molecule has 0 aliphatic heterocycles. The van der Waals surface area contributed by atoms with Gasteiger partial charge in [0.2, 0.25) is 5.39 Å². The largest absolute Gasteiger partial charge is 0.673 e. The van der Waals surface area contributed by atoms with Gasteiger partial charge in [0.1, 0.15) is 6.07 Å². The van der Waals surface area contributed by atoms with Crippen molar-refractivity contribution in [3.63, 3.8) is 0 Å². The van der Waals surface area contributed by atoms with Gasteiger partial charge >= 0.3 is 12.9 Å². The maximum absolute atomic E-state index is 9.75. The molecule has 0 aromatic heterocycles. The Hall–Kier alpha value is -1.36. The van der Waals surface area contributed by atoms with Gasteiger partial charge in [-0.25, -0.2) is 0 Å². The Kier molecular flexibility index (Phi) is 5.89. The second kappa shape index (κ2) is 6.40. The molecule has 0 fully saturated rings. The predicted molar refractivity (Wildman–Crippen MR) is 63.5 cm³/mol. The zero-order valence-corrected chi connectivity index (χ0v) is 10.6. The molecule has 0 saturated heterocycles. The van der Waals surface area contributed by atoms with E-state index in [1.807, 2.05) is 19.1 Å². The third-order valence-electron chi connectivity index (χ3n) is 1.60. The summed E-state index contributed by atoms with van der Waals surface area (Å²) in [5, 5.41) is 17.3. The van der Waals surface area contributed by atoms with E-state index in [1.165, 1.54) is 0 Å². The second-order valence-corrected chi connectivity index (χ2v) is 3.94. The smallest absolute Gasteiger partial charge is 0.418 e. The molecule has 17 heavy (non-hydrogen) atoms. The maximum Gasteiger partial charge on any atom is 0.673 e. The number of nitriles is 1. The van der Waals surface area contributed by atoms with E-state index >= 15 is 0 Å². The summed E-state index contributed by atoms with van der Waals surface area (Å²) in [6, 6.07) is 5.43. The van der Waals surface area contributed by atoms with E-state index in [9.17, 15) is 17.3 Å². The molecular formula is C8H5BF4IN3. The van der Waals surface area contributed by atoms with E-state index < -0.39 is 7.25 Å². The molecule has 0 spiro atoms. The molecule has 3 nitrogen and oxygen atoms in total. The van der Waals surface area contributed by atoms with Crippen LogP contribution >= 0.6 is 22.6 Å². The minimum atomic E-state index is -6.00. The standard InChI is InChI=1S/C8H5IN3.BF4/c1-5-6(4-10)8(12-11)3-2-7(5)9;2-1(3,4)5/h2-3H,1H3;/q+1;-1. The van der Waals surface area contributed by atoms with Crippen molar-refractivity contribution in [3.8, 4) is 6.07 Å². The number of diazo groups is 1. The van der Waals surface area contributed by atoms with Gasteiger partial charge < -0.3 is 17.3 Å². The van der Waals surface area contributed by atoms with E-state index in [2.05, 4.69) is 27.6 Å². The summed E-state index contributed by atoms with van der Waals surface area (Å²) in [6.07, 6.45) is 0. The molecule has 0 bridgehead atoms. The first-order valence-corrected chi connectivity index (χ1v) is 5.20. The molecule has 90 valence electrons. The highest BCUT2D eigenvalue weighted by Crippen LogP contribution is 2.25. The zero-order chi connectivity index (χ0) is 13.6. The van der Waals surface area contributed by atoms with E-state index in [-0.39, 0.29) is 0 Å². The molecule has 9 heteroatoms. The summed E-state index contributed by atoms with van der Waals surface area (Å²) in [4.78, 5) is 3.02. The first-order valence-electron chi connectivity index (χ1n) is 4.12. The summed E-state index contributed by atoms with van der Waals surface area (Å²) in [6.45, 7) is 1.83. The van der Waals surface area contributed by atoms with Gasteiger partial charge in [0.25, 0.3) is 0 Å². The van der Waals surface area contributed by atoms with E-state index in [0.717, 1.165) is 9.13 Å². The predicted octanol–water partition coefficient (Wildman–Crippen LogP) is 4.26. The SMILES string of the molecule is Cc1c(I)ccc([N+]#N)c1C#N.F[B-](F)(F)F. The molecule has 1 rings (SSSR count). The Morgan fingerprint density at radius 1 is 1.29 bits per heavy atom. The Morgan fingerprint density at radius 3 is 2.12 bits per heavy atom. The van der Waals surface area contributed by atoms with Gasteiger partial charge in [-0.05, 0) is 41.1 Å². The average Bonchev–Trinajstić information content (AvgIpc) is 2.19. The molecular weight excluding hydrogens is 352 g/mol. The van der Waals surface area contributed by atoms with Gasteiger partial charge in [-0.2, -0.15) is 5.26 Å². The summed E-state index contributed by atoms with van der Waals surface area (Å²) >= 11 is 2.13. The summed E-state index contributed by atoms with van der Waals surface area (Å²) in [5.74, 6) is 0. The highest BCUT2D eigenvalue weighted by molar-refractivity contribution is 14.1. The van der Waals surface area contributed by atoms with Crippen LogP contribution in [0.5, 0.6) is 0 Å². The van der Waals surface area contributed by atoms with Gasteiger partial charge in [-0.1, -0.05) is 0 Å². The Labute approximate surface area is 108 Å². The summed E-state index contributed by atoms with van der Waals surface area (Å²) in [5.41, 5.74) is 1.62. The molecule has 0 aliphatic rings. The first kappa shape index (κ1) is 15.6. The van der Waals surface area contributed by atoms with E-state index in [4.69, 9.17) is 10.7 Å². The van der Waals surface area contributed by atoms with Crippen LogP contribution in [0.2, 0.25) is 0 Å². The molecule has 1 aromatic carbocycles. The third kappa shape index (κ3) is 6.07. The lowest BCUT2D eigenvalue weighted by Gasteiger charge is -1.95. The molecule has 0 atom stereocenters. The Morgan fingerprint density at radius 2 is 1.76 bits per heavy atom. The van der Waals surface area contributed by atoms with E-state index in [0.29, 0.717) is 11.3 Å². The first-order chi connectivity index (χ1) is 7.70. The molecule has 1 aromatic rings. The van der Waals surface area contributed by atoms with Gasteiger partial charge in [-0.15, -0.1) is 0 Å². The fourth-order valence-corrected chi connectivity index (χ4v) is 1.35. The van der Waals surface area contributed by atoms with Crippen LogP contribution in [0, 0.1) is 27.2 Å². The van der Waals surface area contributed by atoms with Crippen molar-refractivity contribution in [3.05, 3.63) is 31.8 Å². The highest BCUT2D eigenvalue weighted by atomic mass is 127. The minimum Gasteiger partial charge on any atom is -0.418 e. The van der Waals surface area contributed by atoms with Crippen molar-refractivity contribution >= 4 is 35.5 Å². The number of hydrogen-bond donors (Lipinski definition) is 0. The number of benzene rings is 1. The highest BCUT2D eigenvalue weighted by Gasteiger charge is 2.20. The molecule has 0 saturated carbocycles. The van der Waals surface area contributed by atoms with Crippen molar-refractivity contribution < 1.29 is 17.3 Å². The average molecular weight is 357 g/mol. The van der Waals surface area contributed by atoms with Crippen LogP contribution < -0.4 is 0 Å². The topological polar surface area (TPSA) is 51.9 Å². The molecule has 0 aliphatic carbocycles. The fraction of sp³-hybridized carbons (Fsp3) is 0.125. The van der Waals surface area contributed by atoms with Gasteiger partial charge in [0, 0.05) is 9.64 Å². The quantitative estimate of drug-likeness (QED) is 0.302. The van der Waals surface area contributed by atoms with Gasteiger partial charge in [0.05, 0.1) is 0 Å². The lowest BCUT2D eigenvalue weighted by Crippen LogP contribution is -2.02. The monoisotopic (exact) mass is 357 g/mol.